The van der Waals surface area contributed by atoms with Crippen LogP contribution in [0, 0.1) is 0 Å². The predicted molar refractivity (Wildman–Crippen MR) is 105 cm³/mol. The molecule has 7 heteroatoms. The zero-order valence-corrected chi connectivity index (χ0v) is 16.7. The fourth-order valence-corrected chi connectivity index (χ4v) is 3.60. The van der Waals surface area contributed by atoms with Gasteiger partial charge in [-0.25, -0.2) is 0 Å². The molecule has 1 atom stereocenters. The summed E-state index contributed by atoms with van der Waals surface area (Å²) in [6.45, 7) is 6.27. The number of nitrogens with one attached hydrogen (secondary N) is 1. The third-order valence-electron chi connectivity index (χ3n) is 4.73. The van der Waals surface area contributed by atoms with Crippen LogP contribution in [0.25, 0.3) is 0 Å². The standard InChI is InChI=1S/C19H24ClN3O2.ClH/c1-3-16-15(18(4-2)25-22-16)11-19(24)23-9-8-21-12-17(23)13-6-5-7-14(20)10-13;/h5-7,10,17,21H,3-4,8-9,11-12H2,1-2H3;1H. The molecule has 142 valence electrons. The van der Waals surface area contributed by atoms with E-state index in [2.05, 4.69) is 10.5 Å². The second-order valence-corrected chi connectivity index (χ2v) is 6.71. The minimum absolute atomic E-state index is 0. The van der Waals surface area contributed by atoms with Crippen LogP contribution in [0.3, 0.4) is 0 Å². The summed E-state index contributed by atoms with van der Waals surface area (Å²) in [6, 6.07) is 7.74. The highest BCUT2D eigenvalue weighted by molar-refractivity contribution is 6.30. The first-order valence-corrected chi connectivity index (χ1v) is 9.23. The van der Waals surface area contributed by atoms with Crippen molar-refractivity contribution in [2.45, 2.75) is 39.2 Å². The predicted octanol–water partition coefficient (Wildman–Crippen LogP) is 3.59. The normalized spacial score (nSPS) is 17.0. The fourth-order valence-electron chi connectivity index (χ4n) is 3.41. The molecule has 2 heterocycles. The molecule has 0 saturated carbocycles. The monoisotopic (exact) mass is 397 g/mol. The molecule has 1 fully saturated rings. The lowest BCUT2D eigenvalue weighted by Crippen LogP contribution is -2.49. The van der Waals surface area contributed by atoms with E-state index in [9.17, 15) is 4.79 Å². The number of hydrogen-bond donors (Lipinski definition) is 1. The lowest BCUT2D eigenvalue weighted by Gasteiger charge is -2.36. The van der Waals surface area contributed by atoms with Gasteiger partial charge in [0.2, 0.25) is 5.91 Å². The van der Waals surface area contributed by atoms with Crippen LogP contribution < -0.4 is 5.32 Å². The van der Waals surface area contributed by atoms with E-state index in [0.717, 1.165) is 48.5 Å². The van der Waals surface area contributed by atoms with Gasteiger partial charge in [-0.1, -0.05) is 42.7 Å². The van der Waals surface area contributed by atoms with Crippen LogP contribution in [0.15, 0.2) is 28.8 Å². The molecule has 1 aromatic carbocycles. The fraction of sp³-hybridized carbons (Fsp3) is 0.474. The quantitative estimate of drug-likeness (QED) is 0.837. The average molecular weight is 398 g/mol. The lowest BCUT2D eigenvalue weighted by molar-refractivity contribution is -0.133. The van der Waals surface area contributed by atoms with Crippen LogP contribution in [0.1, 0.15) is 42.5 Å². The summed E-state index contributed by atoms with van der Waals surface area (Å²) in [5.74, 6) is 0.929. The van der Waals surface area contributed by atoms with E-state index >= 15 is 0 Å². The molecule has 26 heavy (non-hydrogen) atoms. The third kappa shape index (κ3) is 4.40. The van der Waals surface area contributed by atoms with Gasteiger partial charge in [0.05, 0.1) is 18.2 Å². The van der Waals surface area contributed by atoms with Crippen molar-refractivity contribution >= 4 is 29.9 Å². The Bertz CT molecular complexity index is 727. The molecule has 5 nitrogen and oxygen atoms in total. The van der Waals surface area contributed by atoms with Crippen molar-refractivity contribution in [2.24, 2.45) is 0 Å². The SMILES string of the molecule is CCc1noc(CC)c1CC(=O)N1CCNCC1c1cccc(Cl)c1.Cl. The summed E-state index contributed by atoms with van der Waals surface area (Å²) < 4.78 is 5.40. The molecule has 1 saturated heterocycles. The Morgan fingerprint density at radius 1 is 1.38 bits per heavy atom. The second kappa shape index (κ2) is 9.40. The molecular formula is C19H25Cl2N3O2. The molecule has 1 aromatic heterocycles. The van der Waals surface area contributed by atoms with Crippen molar-refractivity contribution < 1.29 is 9.32 Å². The molecule has 0 bridgehead atoms. The minimum Gasteiger partial charge on any atom is -0.361 e. The van der Waals surface area contributed by atoms with Gasteiger partial charge >= 0.3 is 0 Å². The first kappa shape index (κ1) is 20.7. The zero-order chi connectivity index (χ0) is 17.8. The molecular weight excluding hydrogens is 373 g/mol. The maximum atomic E-state index is 13.1. The molecule has 1 aliphatic rings. The first-order valence-electron chi connectivity index (χ1n) is 8.86. The van der Waals surface area contributed by atoms with Crippen molar-refractivity contribution in [1.82, 2.24) is 15.4 Å². The lowest BCUT2D eigenvalue weighted by atomic mass is 10.0. The van der Waals surface area contributed by atoms with E-state index < -0.39 is 0 Å². The topological polar surface area (TPSA) is 58.4 Å². The number of carbonyl (C=O) groups is 1. The zero-order valence-electron chi connectivity index (χ0n) is 15.1. The van der Waals surface area contributed by atoms with Gasteiger partial charge in [0.15, 0.2) is 0 Å². The van der Waals surface area contributed by atoms with Crippen LogP contribution in [0.4, 0.5) is 0 Å². The number of carbonyl (C=O) groups excluding carboxylic acids is 1. The first-order chi connectivity index (χ1) is 12.1. The highest BCUT2D eigenvalue weighted by atomic mass is 35.5. The van der Waals surface area contributed by atoms with Crippen molar-refractivity contribution in [3.05, 3.63) is 51.9 Å². The largest absolute Gasteiger partial charge is 0.361 e. The Balaban J connectivity index is 0.00000243. The highest BCUT2D eigenvalue weighted by Crippen LogP contribution is 2.26. The Kier molecular flexibility index (Phi) is 7.50. The van der Waals surface area contributed by atoms with Gasteiger partial charge in [-0.05, 0) is 24.1 Å². The van der Waals surface area contributed by atoms with Crippen LogP contribution in [0.2, 0.25) is 5.02 Å². The van der Waals surface area contributed by atoms with Gasteiger partial charge in [0.25, 0.3) is 0 Å². The minimum atomic E-state index is -0.00466. The molecule has 0 spiro atoms. The van der Waals surface area contributed by atoms with Crippen molar-refractivity contribution in [3.63, 3.8) is 0 Å². The molecule has 3 rings (SSSR count). The Morgan fingerprint density at radius 3 is 2.88 bits per heavy atom. The highest BCUT2D eigenvalue weighted by Gasteiger charge is 2.29. The summed E-state index contributed by atoms with van der Waals surface area (Å²) >= 11 is 6.14. The number of amides is 1. The summed E-state index contributed by atoms with van der Waals surface area (Å²) in [4.78, 5) is 15.0. The molecule has 2 aromatic rings. The third-order valence-corrected chi connectivity index (χ3v) is 4.97. The Morgan fingerprint density at radius 2 is 2.19 bits per heavy atom. The molecule has 0 aliphatic carbocycles. The van der Waals surface area contributed by atoms with E-state index in [1.54, 1.807) is 0 Å². The van der Waals surface area contributed by atoms with Crippen molar-refractivity contribution in [3.8, 4) is 0 Å². The van der Waals surface area contributed by atoms with Crippen molar-refractivity contribution in [2.75, 3.05) is 19.6 Å². The number of aromatic nitrogens is 1. The van der Waals surface area contributed by atoms with Gasteiger partial charge in [-0.2, -0.15) is 0 Å². The van der Waals surface area contributed by atoms with E-state index in [1.807, 2.05) is 43.0 Å². The van der Waals surface area contributed by atoms with E-state index in [0.29, 0.717) is 18.0 Å². The average Bonchev–Trinajstić information content (AvgIpc) is 3.03. The summed E-state index contributed by atoms with van der Waals surface area (Å²) in [5.41, 5.74) is 2.91. The number of hydrogen-bond acceptors (Lipinski definition) is 4. The van der Waals surface area contributed by atoms with Gasteiger partial charge in [-0.3, -0.25) is 4.79 Å². The van der Waals surface area contributed by atoms with Crippen LogP contribution in [0.5, 0.6) is 0 Å². The van der Waals surface area contributed by atoms with Crippen molar-refractivity contribution in [1.29, 1.82) is 0 Å². The van der Waals surface area contributed by atoms with Crippen LogP contribution in [-0.4, -0.2) is 35.6 Å². The Labute approximate surface area is 165 Å². The van der Waals surface area contributed by atoms with Gasteiger partial charge in [-0.15, -0.1) is 12.4 Å². The molecule has 1 aliphatic heterocycles. The Hall–Kier alpha value is -1.56. The smallest absolute Gasteiger partial charge is 0.227 e. The van der Waals surface area contributed by atoms with Gasteiger partial charge in [0, 0.05) is 36.6 Å². The molecule has 1 N–H and O–H groups in total. The number of nitrogens with zero attached hydrogens (tertiary/aromatic N) is 2. The summed E-state index contributed by atoms with van der Waals surface area (Å²) in [7, 11) is 0. The summed E-state index contributed by atoms with van der Waals surface area (Å²) in [6.07, 6.45) is 1.85. The van der Waals surface area contributed by atoms with Crippen LogP contribution in [-0.2, 0) is 24.1 Å². The van der Waals surface area contributed by atoms with E-state index in [1.165, 1.54) is 0 Å². The van der Waals surface area contributed by atoms with Crippen LogP contribution >= 0.6 is 24.0 Å². The molecule has 0 radical (unpaired) electrons. The second-order valence-electron chi connectivity index (χ2n) is 6.28. The molecule has 1 amide bonds. The number of halogens is 2. The number of piperazine rings is 1. The van der Waals surface area contributed by atoms with E-state index in [-0.39, 0.29) is 24.4 Å². The van der Waals surface area contributed by atoms with E-state index in [4.69, 9.17) is 16.1 Å². The molecule has 1 unspecified atom stereocenters. The van der Waals surface area contributed by atoms with Gasteiger partial charge in [0.1, 0.15) is 5.76 Å². The number of benzene rings is 1. The number of aryl methyl sites for hydroxylation is 2. The van der Waals surface area contributed by atoms with Gasteiger partial charge < -0.3 is 14.7 Å². The maximum absolute atomic E-state index is 13.1. The maximum Gasteiger partial charge on any atom is 0.227 e. The number of rotatable bonds is 5. The summed E-state index contributed by atoms with van der Waals surface area (Å²) in [5, 5.41) is 8.18.